The summed E-state index contributed by atoms with van der Waals surface area (Å²) >= 11 is 0. The average Bonchev–Trinajstić information content (AvgIpc) is 3.27. The summed E-state index contributed by atoms with van der Waals surface area (Å²) in [7, 11) is 0. The van der Waals surface area contributed by atoms with Gasteiger partial charge in [-0.25, -0.2) is 0 Å². The predicted molar refractivity (Wildman–Crippen MR) is 107 cm³/mol. The topological polar surface area (TPSA) is 76.1 Å². The lowest BCUT2D eigenvalue weighted by Gasteiger charge is -2.35. The Bertz CT molecular complexity index is 728. The number of hydrogen-bond acceptors (Lipinski definition) is 5. The van der Waals surface area contributed by atoms with Crippen molar-refractivity contribution in [3.63, 3.8) is 0 Å². The Kier molecular flexibility index (Phi) is 6.17. The van der Waals surface area contributed by atoms with Crippen LogP contribution in [0.1, 0.15) is 114 Å². The van der Waals surface area contributed by atoms with Crippen LogP contribution in [0.4, 0.5) is 0 Å². The molecule has 5 nitrogen and oxygen atoms in total. The second-order valence-corrected chi connectivity index (χ2v) is 10.1. The third-order valence-electron chi connectivity index (χ3n) is 5.74. The fourth-order valence-corrected chi connectivity index (χ4v) is 4.46. The zero-order chi connectivity index (χ0) is 20.5. The third kappa shape index (κ3) is 5.16. The molecule has 1 aromatic rings. The van der Waals surface area contributed by atoms with E-state index in [4.69, 9.17) is 9.26 Å². The number of aromatic nitrogens is 1. The van der Waals surface area contributed by atoms with Gasteiger partial charge in [0.2, 0.25) is 0 Å². The Morgan fingerprint density at radius 1 is 1.29 bits per heavy atom. The Hall–Kier alpha value is -1.83. The van der Waals surface area contributed by atoms with Crippen LogP contribution in [0.25, 0.3) is 0 Å². The number of nitriles is 1. The van der Waals surface area contributed by atoms with Gasteiger partial charge < -0.3 is 9.26 Å². The normalized spacial score (nSPS) is 23.2. The molecular formula is C23H34N2O3. The van der Waals surface area contributed by atoms with Crippen molar-refractivity contribution in [1.29, 1.82) is 5.26 Å². The molecule has 1 aromatic heterocycles. The molecule has 28 heavy (non-hydrogen) atoms. The Morgan fingerprint density at radius 3 is 2.50 bits per heavy atom. The summed E-state index contributed by atoms with van der Waals surface area (Å²) in [4.78, 5) is 12.4. The predicted octanol–water partition coefficient (Wildman–Crippen LogP) is 5.82. The SMILES string of the molecule is CC(C)CC1CC(c2onc([C@@H](CC#N)CC(=O)OC(C)(C)C)c2C2CC2)C1. The van der Waals surface area contributed by atoms with Gasteiger partial charge in [-0.05, 0) is 70.6 Å². The van der Waals surface area contributed by atoms with E-state index in [1.165, 1.54) is 24.8 Å². The molecule has 0 radical (unpaired) electrons. The molecule has 2 fully saturated rings. The summed E-state index contributed by atoms with van der Waals surface area (Å²) in [6.45, 7) is 10.1. The maximum Gasteiger partial charge on any atom is 0.307 e. The van der Waals surface area contributed by atoms with Crippen molar-refractivity contribution in [3.05, 3.63) is 17.0 Å². The molecular weight excluding hydrogens is 352 g/mol. The van der Waals surface area contributed by atoms with E-state index < -0.39 is 5.60 Å². The van der Waals surface area contributed by atoms with Gasteiger partial charge in [-0.1, -0.05) is 19.0 Å². The van der Waals surface area contributed by atoms with Gasteiger partial charge in [0.05, 0.1) is 18.2 Å². The summed E-state index contributed by atoms with van der Waals surface area (Å²) in [6.07, 6.45) is 6.34. The molecule has 2 saturated carbocycles. The number of carbonyl (C=O) groups excluding carboxylic acids is 1. The molecule has 0 aliphatic heterocycles. The van der Waals surface area contributed by atoms with Crippen molar-refractivity contribution in [2.75, 3.05) is 0 Å². The molecule has 0 amide bonds. The first kappa shape index (κ1) is 20.9. The van der Waals surface area contributed by atoms with Crippen LogP contribution in [0.2, 0.25) is 0 Å². The van der Waals surface area contributed by atoms with Crippen molar-refractivity contribution >= 4 is 5.97 Å². The van der Waals surface area contributed by atoms with Gasteiger partial charge in [0.15, 0.2) is 0 Å². The van der Waals surface area contributed by atoms with E-state index >= 15 is 0 Å². The molecule has 154 valence electrons. The van der Waals surface area contributed by atoms with Gasteiger partial charge >= 0.3 is 5.97 Å². The first-order valence-corrected chi connectivity index (χ1v) is 10.8. The molecule has 3 rings (SSSR count). The highest BCUT2D eigenvalue weighted by atomic mass is 16.6. The molecule has 0 aromatic carbocycles. The molecule has 2 aliphatic rings. The average molecular weight is 387 g/mol. The highest BCUT2D eigenvalue weighted by Gasteiger charge is 2.41. The minimum atomic E-state index is -0.528. The summed E-state index contributed by atoms with van der Waals surface area (Å²) in [5.41, 5.74) is 1.51. The molecule has 0 unspecified atom stereocenters. The largest absolute Gasteiger partial charge is 0.460 e. The standard InChI is InChI=1S/C23H34N2O3/c1-14(2)10-15-11-18(12-15)22-20(16-6-7-16)21(25-28-22)17(8-9-24)13-19(26)27-23(3,4)5/h14-18H,6-8,10-13H2,1-5H3/t15?,17-,18?/m0/s1. The fraction of sp³-hybridized carbons (Fsp3) is 0.783. The summed E-state index contributed by atoms with van der Waals surface area (Å²) < 4.78 is 11.3. The lowest BCUT2D eigenvalue weighted by Crippen LogP contribution is -2.25. The molecule has 0 N–H and O–H groups in total. The van der Waals surface area contributed by atoms with Crippen LogP contribution in [-0.4, -0.2) is 16.7 Å². The van der Waals surface area contributed by atoms with Crippen LogP contribution in [0, 0.1) is 23.2 Å². The summed E-state index contributed by atoms with van der Waals surface area (Å²) in [5.74, 6) is 2.95. The van der Waals surface area contributed by atoms with Gasteiger partial charge in [-0.2, -0.15) is 5.26 Å². The summed E-state index contributed by atoms with van der Waals surface area (Å²) in [6, 6.07) is 2.23. The van der Waals surface area contributed by atoms with Crippen LogP contribution in [0.15, 0.2) is 4.52 Å². The Labute approximate surface area is 168 Å². The van der Waals surface area contributed by atoms with E-state index in [1.807, 2.05) is 20.8 Å². The molecule has 1 atom stereocenters. The van der Waals surface area contributed by atoms with Crippen LogP contribution < -0.4 is 0 Å². The number of ether oxygens (including phenoxy) is 1. The highest BCUT2D eigenvalue weighted by Crippen LogP contribution is 2.52. The van der Waals surface area contributed by atoms with E-state index in [9.17, 15) is 10.1 Å². The van der Waals surface area contributed by atoms with Gasteiger partial charge in [-0.15, -0.1) is 0 Å². The smallest absolute Gasteiger partial charge is 0.307 e. The van der Waals surface area contributed by atoms with Crippen LogP contribution in [0.5, 0.6) is 0 Å². The molecule has 2 aliphatic carbocycles. The van der Waals surface area contributed by atoms with Crippen molar-refractivity contribution in [2.45, 2.75) is 103 Å². The molecule has 0 spiro atoms. The van der Waals surface area contributed by atoms with E-state index in [2.05, 4.69) is 25.1 Å². The first-order chi connectivity index (χ1) is 13.2. The zero-order valence-corrected chi connectivity index (χ0v) is 18.0. The number of nitrogens with zero attached hydrogens (tertiary/aromatic N) is 2. The highest BCUT2D eigenvalue weighted by molar-refractivity contribution is 5.71. The van der Waals surface area contributed by atoms with Crippen molar-refractivity contribution in [2.24, 2.45) is 11.8 Å². The van der Waals surface area contributed by atoms with E-state index in [1.54, 1.807) is 0 Å². The number of hydrogen-bond donors (Lipinski definition) is 0. The number of esters is 1. The van der Waals surface area contributed by atoms with Gasteiger partial charge in [-0.3, -0.25) is 4.79 Å². The monoisotopic (exact) mass is 386 g/mol. The minimum absolute atomic E-state index is 0.178. The fourth-order valence-electron chi connectivity index (χ4n) is 4.46. The van der Waals surface area contributed by atoms with Gasteiger partial charge in [0.25, 0.3) is 0 Å². The van der Waals surface area contributed by atoms with Crippen LogP contribution in [0.3, 0.4) is 0 Å². The maximum absolute atomic E-state index is 12.4. The zero-order valence-electron chi connectivity index (χ0n) is 18.0. The second kappa shape index (κ2) is 8.27. The second-order valence-electron chi connectivity index (χ2n) is 10.1. The quantitative estimate of drug-likeness (QED) is 0.526. The van der Waals surface area contributed by atoms with Crippen molar-refractivity contribution in [1.82, 2.24) is 5.16 Å². The molecule has 0 bridgehead atoms. The van der Waals surface area contributed by atoms with E-state index in [0.29, 0.717) is 11.8 Å². The van der Waals surface area contributed by atoms with Crippen molar-refractivity contribution in [3.8, 4) is 6.07 Å². The van der Waals surface area contributed by atoms with Gasteiger partial charge in [0, 0.05) is 23.8 Å². The van der Waals surface area contributed by atoms with Crippen LogP contribution in [-0.2, 0) is 9.53 Å². The van der Waals surface area contributed by atoms with E-state index in [0.717, 1.165) is 36.1 Å². The molecule has 0 saturated heterocycles. The lowest BCUT2D eigenvalue weighted by molar-refractivity contribution is -0.155. The van der Waals surface area contributed by atoms with Crippen molar-refractivity contribution < 1.29 is 14.1 Å². The number of carbonyl (C=O) groups is 1. The molecule has 1 heterocycles. The van der Waals surface area contributed by atoms with Crippen LogP contribution >= 0.6 is 0 Å². The van der Waals surface area contributed by atoms with E-state index in [-0.39, 0.29) is 24.7 Å². The first-order valence-electron chi connectivity index (χ1n) is 10.8. The Morgan fingerprint density at radius 2 is 1.96 bits per heavy atom. The summed E-state index contributed by atoms with van der Waals surface area (Å²) in [5, 5.41) is 13.7. The minimum Gasteiger partial charge on any atom is -0.460 e. The number of rotatable bonds is 8. The molecule has 5 heteroatoms. The third-order valence-corrected chi connectivity index (χ3v) is 5.74. The maximum atomic E-state index is 12.4. The van der Waals surface area contributed by atoms with Gasteiger partial charge in [0.1, 0.15) is 11.4 Å². The Balaban J connectivity index is 1.76. The lowest BCUT2D eigenvalue weighted by atomic mass is 9.69.